The molecule has 0 aliphatic heterocycles. The average molecular weight is 373 g/mol. The first-order chi connectivity index (χ1) is 12.6. The number of hydrogen-bond acceptors (Lipinski definition) is 7. The van der Waals surface area contributed by atoms with E-state index in [0.29, 0.717) is 23.3 Å². The molecule has 0 aliphatic carbocycles. The minimum atomic E-state index is -0.536. The Kier molecular flexibility index (Phi) is 5.32. The lowest BCUT2D eigenvalue weighted by Crippen LogP contribution is -2.15. The number of rotatable bonds is 7. The monoisotopic (exact) mass is 373 g/mol. The summed E-state index contributed by atoms with van der Waals surface area (Å²) in [6.45, 7) is 2.55. The molecule has 0 unspecified atom stereocenters. The van der Waals surface area contributed by atoms with Crippen molar-refractivity contribution in [3.63, 3.8) is 0 Å². The van der Waals surface area contributed by atoms with E-state index in [1.165, 1.54) is 23.9 Å². The van der Waals surface area contributed by atoms with Gasteiger partial charge in [0.15, 0.2) is 16.7 Å². The molecule has 0 aliphatic rings. The van der Waals surface area contributed by atoms with Gasteiger partial charge in [-0.3, -0.25) is 19.5 Å². The predicted molar refractivity (Wildman–Crippen MR) is 95.8 cm³/mol. The van der Waals surface area contributed by atoms with Gasteiger partial charge in [0.2, 0.25) is 5.91 Å². The quantitative estimate of drug-likeness (QED) is 0.384. The lowest BCUT2D eigenvalue weighted by Gasteiger charge is -2.07. The molecule has 9 nitrogen and oxygen atoms in total. The van der Waals surface area contributed by atoms with Crippen LogP contribution in [-0.2, 0) is 11.3 Å². The molecule has 3 rings (SSSR count). The number of furan rings is 1. The van der Waals surface area contributed by atoms with Crippen LogP contribution < -0.4 is 5.32 Å². The molecular weight excluding hydrogens is 358 g/mol. The van der Waals surface area contributed by atoms with Crippen LogP contribution in [0.1, 0.15) is 6.92 Å². The number of benzene rings is 1. The summed E-state index contributed by atoms with van der Waals surface area (Å²) in [5, 5.41) is 22.3. The molecule has 3 aromatic rings. The summed E-state index contributed by atoms with van der Waals surface area (Å²) < 4.78 is 7.17. The molecule has 0 spiro atoms. The van der Waals surface area contributed by atoms with Crippen molar-refractivity contribution in [2.24, 2.45) is 0 Å². The molecule has 1 amide bonds. The summed E-state index contributed by atoms with van der Waals surface area (Å²) in [7, 11) is 0. The van der Waals surface area contributed by atoms with Crippen LogP contribution in [0.15, 0.2) is 52.2 Å². The Hall–Kier alpha value is -3.14. The summed E-state index contributed by atoms with van der Waals surface area (Å²) in [5.41, 5.74) is 0.0130. The van der Waals surface area contributed by atoms with Crippen molar-refractivity contribution in [2.75, 3.05) is 11.1 Å². The van der Waals surface area contributed by atoms with Gasteiger partial charge >= 0.3 is 0 Å². The minimum Gasteiger partial charge on any atom is -0.461 e. The third-order valence-electron chi connectivity index (χ3n) is 3.48. The molecule has 0 fully saturated rings. The van der Waals surface area contributed by atoms with Gasteiger partial charge in [0.1, 0.15) is 5.69 Å². The van der Waals surface area contributed by atoms with Crippen LogP contribution in [0.25, 0.3) is 11.6 Å². The fraction of sp³-hybridized carbons (Fsp3) is 0.188. The first kappa shape index (κ1) is 17.7. The highest BCUT2D eigenvalue weighted by molar-refractivity contribution is 7.99. The number of hydrogen-bond donors (Lipinski definition) is 1. The van der Waals surface area contributed by atoms with Gasteiger partial charge in [0, 0.05) is 12.6 Å². The van der Waals surface area contributed by atoms with Gasteiger partial charge in [-0.05, 0) is 25.1 Å². The Balaban J connectivity index is 1.68. The maximum Gasteiger partial charge on any atom is 0.292 e. The van der Waals surface area contributed by atoms with Crippen LogP contribution in [0.3, 0.4) is 0 Å². The van der Waals surface area contributed by atoms with Gasteiger partial charge in [-0.1, -0.05) is 23.9 Å². The zero-order valence-electron chi connectivity index (χ0n) is 13.8. The van der Waals surface area contributed by atoms with Gasteiger partial charge < -0.3 is 9.73 Å². The average Bonchev–Trinajstić information content (AvgIpc) is 3.29. The Labute approximate surface area is 152 Å². The van der Waals surface area contributed by atoms with Gasteiger partial charge in [-0.25, -0.2) is 0 Å². The first-order valence-electron chi connectivity index (χ1n) is 7.73. The van der Waals surface area contributed by atoms with Gasteiger partial charge in [0.05, 0.1) is 16.9 Å². The Morgan fingerprint density at radius 1 is 1.31 bits per heavy atom. The smallest absolute Gasteiger partial charge is 0.292 e. The molecule has 0 atom stereocenters. The number of nitro benzene ring substituents is 1. The third-order valence-corrected chi connectivity index (χ3v) is 4.45. The standard InChI is InChI=1S/C16H15N5O4S/c1-2-20-15(13-8-5-9-25-13)18-19-16(20)26-10-14(22)17-11-6-3-4-7-12(11)21(23)24/h3-9H,2,10H2,1H3,(H,17,22). The molecule has 0 bridgehead atoms. The van der Waals surface area contributed by atoms with Crippen LogP contribution in [0.5, 0.6) is 0 Å². The van der Waals surface area contributed by atoms with E-state index in [9.17, 15) is 14.9 Å². The molecule has 0 saturated carbocycles. The zero-order valence-corrected chi connectivity index (χ0v) is 14.6. The second kappa shape index (κ2) is 7.83. The van der Waals surface area contributed by atoms with Crippen molar-refractivity contribution in [2.45, 2.75) is 18.6 Å². The SMILES string of the molecule is CCn1c(SCC(=O)Nc2ccccc2[N+](=O)[O-])nnc1-c1ccco1. The van der Waals surface area contributed by atoms with Crippen LogP contribution in [-0.4, -0.2) is 31.3 Å². The minimum absolute atomic E-state index is 0.0440. The van der Waals surface area contributed by atoms with E-state index in [2.05, 4.69) is 15.5 Å². The lowest BCUT2D eigenvalue weighted by molar-refractivity contribution is -0.383. The summed E-state index contributed by atoms with van der Waals surface area (Å²) in [6, 6.07) is 9.54. The van der Waals surface area contributed by atoms with Gasteiger partial charge in [-0.2, -0.15) is 0 Å². The second-order valence-electron chi connectivity index (χ2n) is 5.14. The van der Waals surface area contributed by atoms with Crippen molar-refractivity contribution in [1.29, 1.82) is 0 Å². The first-order valence-corrected chi connectivity index (χ1v) is 8.72. The number of thioether (sulfide) groups is 1. The molecule has 2 aromatic heterocycles. The van der Waals surface area contributed by atoms with E-state index in [1.54, 1.807) is 30.5 Å². The normalized spacial score (nSPS) is 10.7. The van der Waals surface area contributed by atoms with E-state index in [4.69, 9.17) is 4.42 Å². The van der Waals surface area contributed by atoms with Crippen molar-refractivity contribution >= 4 is 29.0 Å². The summed E-state index contributed by atoms with van der Waals surface area (Å²) >= 11 is 1.20. The Bertz CT molecular complexity index is 923. The molecule has 1 N–H and O–H groups in total. The van der Waals surface area contributed by atoms with Crippen LogP contribution in [0.4, 0.5) is 11.4 Å². The number of nitrogens with zero attached hydrogens (tertiary/aromatic N) is 4. The van der Waals surface area contributed by atoms with Crippen molar-refractivity contribution in [3.05, 3.63) is 52.8 Å². The van der Waals surface area contributed by atoms with E-state index >= 15 is 0 Å². The van der Waals surface area contributed by atoms with E-state index in [0.717, 1.165) is 0 Å². The fourth-order valence-electron chi connectivity index (χ4n) is 2.32. The van der Waals surface area contributed by atoms with Crippen LogP contribution in [0.2, 0.25) is 0 Å². The highest BCUT2D eigenvalue weighted by atomic mass is 32.2. The summed E-state index contributed by atoms with van der Waals surface area (Å²) in [4.78, 5) is 22.6. The lowest BCUT2D eigenvalue weighted by atomic mass is 10.2. The number of nitro groups is 1. The number of anilines is 1. The highest BCUT2D eigenvalue weighted by Crippen LogP contribution is 2.26. The van der Waals surface area contributed by atoms with Crippen molar-refractivity contribution in [3.8, 4) is 11.6 Å². The van der Waals surface area contributed by atoms with E-state index in [-0.39, 0.29) is 23.0 Å². The highest BCUT2D eigenvalue weighted by Gasteiger charge is 2.18. The van der Waals surface area contributed by atoms with Gasteiger partial charge in [-0.15, -0.1) is 10.2 Å². The predicted octanol–water partition coefficient (Wildman–Crippen LogP) is 3.20. The van der Waals surface area contributed by atoms with Crippen LogP contribution in [0, 0.1) is 10.1 Å². The second-order valence-corrected chi connectivity index (χ2v) is 6.08. The largest absolute Gasteiger partial charge is 0.461 e. The Morgan fingerprint density at radius 3 is 2.81 bits per heavy atom. The number of amides is 1. The molecule has 134 valence electrons. The van der Waals surface area contributed by atoms with E-state index < -0.39 is 4.92 Å². The summed E-state index contributed by atoms with van der Waals surface area (Å²) in [5.74, 6) is 0.853. The topological polar surface area (TPSA) is 116 Å². The number of nitrogens with one attached hydrogen (secondary N) is 1. The zero-order chi connectivity index (χ0) is 18.5. The van der Waals surface area contributed by atoms with Crippen molar-refractivity contribution in [1.82, 2.24) is 14.8 Å². The maximum atomic E-state index is 12.2. The summed E-state index contributed by atoms with van der Waals surface area (Å²) in [6.07, 6.45) is 1.55. The fourth-order valence-corrected chi connectivity index (χ4v) is 3.13. The molecule has 0 saturated heterocycles. The van der Waals surface area contributed by atoms with Crippen molar-refractivity contribution < 1.29 is 14.1 Å². The Morgan fingerprint density at radius 2 is 2.12 bits per heavy atom. The van der Waals surface area contributed by atoms with E-state index in [1.807, 2.05) is 11.5 Å². The molecular formula is C16H15N5O4S. The number of carbonyl (C=O) groups excluding carboxylic acids is 1. The third kappa shape index (κ3) is 3.75. The molecule has 0 radical (unpaired) electrons. The molecule has 10 heteroatoms. The molecule has 26 heavy (non-hydrogen) atoms. The number of carbonyl (C=O) groups is 1. The number of para-hydroxylation sites is 2. The number of aromatic nitrogens is 3. The maximum absolute atomic E-state index is 12.2. The van der Waals surface area contributed by atoms with Crippen LogP contribution >= 0.6 is 11.8 Å². The molecule has 1 aromatic carbocycles. The van der Waals surface area contributed by atoms with Gasteiger partial charge in [0.25, 0.3) is 5.69 Å². The molecule has 2 heterocycles.